The first kappa shape index (κ1) is 18.3. The molecule has 0 saturated carbocycles. The molecule has 8 heteroatoms. The molecule has 2 rings (SSSR count). The number of benzene rings is 1. The lowest BCUT2D eigenvalue weighted by atomic mass is 10.0. The number of carbonyl (C=O) groups is 2. The number of aliphatic carboxylic acids is 1. The Labute approximate surface area is 149 Å². The van der Waals surface area contributed by atoms with Gasteiger partial charge in [-0.3, -0.25) is 9.69 Å². The summed E-state index contributed by atoms with van der Waals surface area (Å²) in [5.41, 5.74) is 0.640. The summed E-state index contributed by atoms with van der Waals surface area (Å²) in [6.07, 6.45) is 1.60. The second-order valence-corrected chi connectivity index (χ2v) is 7.19. The summed E-state index contributed by atoms with van der Waals surface area (Å²) in [7, 11) is 1.43. The van der Waals surface area contributed by atoms with Crippen molar-refractivity contribution in [1.29, 1.82) is 0 Å². The minimum Gasteiger partial charge on any atom is -0.504 e. The number of nitrogens with zero attached hydrogens (tertiary/aromatic N) is 1. The lowest BCUT2D eigenvalue weighted by Crippen LogP contribution is -2.47. The van der Waals surface area contributed by atoms with Crippen molar-refractivity contribution < 1.29 is 24.5 Å². The lowest BCUT2D eigenvalue weighted by Gasteiger charge is -2.26. The molecule has 1 saturated heterocycles. The quantitative estimate of drug-likeness (QED) is 0.611. The number of phenols is 1. The topological polar surface area (TPSA) is 87.1 Å². The Morgan fingerprint density at radius 2 is 2.08 bits per heavy atom. The van der Waals surface area contributed by atoms with Crippen molar-refractivity contribution in [3.63, 3.8) is 0 Å². The zero-order chi connectivity index (χ0) is 18.0. The third-order valence-electron chi connectivity index (χ3n) is 3.49. The van der Waals surface area contributed by atoms with Gasteiger partial charge in [0.2, 0.25) is 0 Å². The molecule has 1 aromatic carbocycles. The predicted octanol–water partition coefficient (Wildman–Crippen LogP) is 2.71. The van der Waals surface area contributed by atoms with Crippen molar-refractivity contribution >= 4 is 46.3 Å². The molecule has 128 valence electrons. The highest BCUT2D eigenvalue weighted by Crippen LogP contribution is 2.36. The van der Waals surface area contributed by atoms with E-state index >= 15 is 0 Å². The number of amides is 1. The van der Waals surface area contributed by atoms with Crippen LogP contribution in [-0.4, -0.2) is 44.5 Å². The molecule has 0 aliphatic carbocycles. The van der Waals surface area contributed by atoms with Crippen molar-refractivity contribution in [2.24, 2.45) is 5.92 Å². The summed E-state index contributed by atoms with van der Waals surface area (Å²) in [5.74, 6) is -1.53. The number of methoxy groups -OCH3 is 1. The molecule has 1 unspecified atom stereocenters. The standard InChI is InChI=1S/C16H17NO5S2/c1-8(2)13(15(20)21)17-14(19)12(24-16(17)23)7-9-4-5-10(18)11(6-9)22-3/h4-8,13,18H,1-3H3,(H,20,21)/b12-7+. The number of carboxylic acids is 1. The normalized spacial score (nSPS) is 17.7. The van der Waals surface area contributed by atoms with E-state index in [1.807, 2.05) is 0 Å². The molecule has 2 N–H and O–H groups in total. The maximum absolute atomic E-state index is 12.6. The fourth-order valence-corrected chi connectivity index (χ4v) is 3.68. The van der Waals surface area contributed by atoms with Gasteiger partial charge in [-0.1, -0.05) is 43.9 Å². The van der Waals surface area contributed by atoms with E-state index in [1.165, 1.54) is 13.2 Å². The molecule has 1 atom stereocenters. The van der Waals surface area contributed by atoms with Crippen LogP contribution in [-0.2, 0) is 9.59 Å². The highest BCUT2D eigenvalue weighted by molar-refractivity contribution is 8.26. The molecular formula is C16H17NO5S2. The molecular weight excluding hydrogens is 350 g/mol. The molecule has 1 aliphatic heterocycles. The van der Waals surface area contributed by atoms with Gasteiger partial charge in [0.15, 0.2) is 11.5 Å². The van der Waals surface area contributed by atoms with E-state index < -0.39 is 17.9 Å². The van der Waals surface area contributed by atoms with Crippen LogP contribution in [0.3, 0.4) is 0 Å². The molecule has 0 spiro atoms. The zero-order valence-electron chi connectivity index (χ0n) is 13.3. The maximum Gasteiger partial charge on any atom is 0.327 e. The van der Waals surface area contributed by atoms with Gasteiger partial charge < -0.3 is 14.9 Å². The molecule has 0 aromatic heterocycles. The van der Waals surface area contributed by atoms with Crippen LogP contribution in [0.1, 0.15) is 19.4 Å². The predicted molar refractivity (Wildman–Crippen MR) is 95.9 cm³/mol. The van der Waals surface area contributed by atoms with Crippen molar-refractivity contribution in [2.75, 3.05) is 7.11 Å². The summed E-state index contributed by atoms with van der Waals surface area (Å²) in [4.78, 5) is 25.6. The van der Waals surface area contributed by atoms with Crippen LogP contribution in [0.4, 0.5) is 0 Å². The third kappa shape index (κ3) is 3.54. The van der Waals surface area contributed by atoms with Gasteiger partial charge in [0.05, 0.1) is 12.0 Å². The Hall–Kier alpha value is -2.06. The van der Waals surface area contributed by atoms with Gasteiger partial charge in [-0.2, -0.15) is 0 Å². The van der Waals surface area contributed by atoms with Crippen LogP contribution >= 0.6 is 24.0 Å². The summed E-state index contributed by atoms with van der Waals surface area (Å²) < 4.78 is 5.26. The van der Waals surface area contributed by atoms with E-state index in [0.29, 0.717) is 10.5 Å². The fraction of sp³-hybridized carbons (Fsp3) is 0.312. The Kier molecular flexibility index (Phi) is 5.51. The number of carboxylic acid groups (broad SMARTS) is 1. The highest BCUT2D eigenvalue weighted by atomic mass is 32.2. The molecule has 1 heterocycles. The van der Waals surface area contributed by atoms with Crippen LogP contribution in [0, 0.1) is 5.92 Å². The Bertz CT molecular complexity index is 729. The Balaban J connectivity index is 2.36. The number of ether oxygens (including phenoxy) is 1. The molecule has 1 amide bonds. The van der Waals surface area contributed by atoms with Gasteiger partial charge in [-0.25, -0.2) is 4.79 Å². The number of aromatic hydroxyl groups is 1. The zero-order valence-corrected chi connectivity index (χ0v) is 15.0. The van der Waals surface area contributed by atoms with Gasteiger partial charge in [-0.15, -0.1) is 0 Å². The maximum atomic E-state index is 12.6. The molecule has 1 aliphatic rings. The van der Waals surface area contributed by atoms with Gasteiger partial charge in [0.25, 0.3) is 5.91 Å². The molecule has 1 fully saturated rings. The Morgan fingerprint density at radius 1 is 1.42 bits per heavy atom. The largest absolute Gasteiger partial charge is 0.504 e. The average Bonchev–Trinajstić information content (AvgIpc) is 2.76. The average molecular weight is 367 g/mol. The smallest absolute Gasteiger partial charge is 0.327 e. The van der Waals surface area contributed by atoms with Crippen LogP contribution in [0.15, 0.2) is 23.1 Å². The van der Waals surface area contributed by atoms with Crippen LogP contribution in [0.5, 0.6) is 11.5 Å². The van der Waals surface area contributed by atoms with E-state index in [1.54, 1.807) is 32.1 Å². The Morgan fingerprint density at radius 3 is 2.62 bits per heavy atom. The second-order valence-electron chi connectivity index (χ2n) is 5.51. The van der Waals surface area contributed by atoms with Crippen LogP contribution < -0.4 is 4.74 Å². The van der Waals surface area contributed by atoms with E-state index in [9.17, 15) is 19.8 Å². The number of carbonyl (C=O) groups excluding carboxylic acids is 1. The fourth-order valence-electron chi connectivity index (χ4n) is 2.35. The molecule has 0 bridgehead atoms. The SMILES string of the molecule is COc1cc(/C=C2/SC(=S)N(C(C(=O)O)C(C)C)C2=O)ccc1O. The van der Waals surface area contributed by atoms with E-state index in [0.717, 1.165) is 16.7 Å². The van der Waals surface area contributed by atoms with E-state index in [2.05, 4.69) is 0 Å². The molecule has 0 radical (unpaired) electrons. The van der Waals surface area contributed by atoms with Crippen molar-refractivity contribution in [2.45, 2.75) is 19.9 Å². The molecule has 1 aromatic rings. The van der Waals surface area contributed by atoms with E-state index in [4.69, 9.17) is 17.0 Å². The van der Waals surface area contributed by atoms with Gasteiger partial charge in [0, 0.05) is 0 Å². The van der Waals surface area contributed by atoms with Crippen molar-refractivity contribution in [3.8, 4) is 11.5 Å². The number of hydrogen-bond acceptors (Lipinski definition) is 6. The van der Waals surface area contributed by atoms with Gasteiger partial charge in [0.1, 0.15) is 10.4 Å². The van der Waals surface area contributed by atoms with Crippen LogP contribution in [0.25, 0.3) is 6.08 Å². The number of thioether (sulfide) groups is 1. The lowest BCUT2D eigenvalue weighted by molar-refractivity contribution is -0.146. The minimum absolute atomic E-state index is 0.00653. The second kappa shape index (κ2) is 7.23. The molecule has 24 heavy (non-hydrogen) atoms. The van der Waals surface area contributed by atoms with Gasteiger partial charge in [-0.05, 0) is 29.7 Å². The number of thiocarbonyl (C=S) groups is 1. The highest BCUT2D eigenvalue weighted by Gasteiger charge is 2.41. The summed E-state index contributed by atoms with van der Waals surface area (Å²) in [6.45, 7) is 3.46. The summed E-state index contributed by atoms with van der Waals surface area (Å²) in [6, 6.07) is 3.66. The van der Waals surface area contributed by atoms with Crippen LogP contribution in [0.2, 0.25) is 0 Å². The number of hydrogen-bond donors (Lipinski definition) is 2. The molecule has 6 nitrogen and oxygen atoms in total. The first-order valence-electron chi connectivity index (χ1n) is 7.13. The van der Waals surface area contributed by atoms with E-state index in [-0.39, 0.29) is 21.7 Å². The first-order valence-corrected chi connectivity index (χ1v) is 8.35. The minimum atomic E-state index is -1.09. The summed E-state index contributed by atoms with van der Waals surface area (Å²) >= 11 is 6.25. The number of rotatable bonds is 5. The third-order valence-corrected chi connectivity index (χ3v) is 4.82. The number of phenolic OH excluding ortho intramolecular Hbond substituents is 1. The van der Waals surface area contributed by atoms with Crippen molar-refractivity contribution in [1.82, 2.24) is 4.90 Å². The van der Waals surface area contributed by atoms with Gasteiger partial charge >= 0.3 is 5.97 Å². The monoisotopic (exact) mass is 367 g/mol. The first-order chi connectivity index (χ1) is 11.3. The summed E-state index contributed by atoms with van der Waals surface area (Å²) in [5, 5.41) is 19.0. The van der Waals surface area contributed by atoms with Crippen molar-refractivity contribution in [3.05, 3.63) is 28.7 Å².